The average Bonchev–Trinajstić information content (AvgIpc) is 2.26. The van der Waals surface area contributed by atoms with Crippen LogP contribution in [-0.4, -0.2) is 38.0 Å². The van der Waals surface area contributed by atoms with E-state index in [0.29, 0.717) is 0 Å². The lowest BCUT2D eigenvalue weighted by molar-refractivity contribution is -0.162. The van der Waals surface area contributed by atoms with Crippen LogP contribution in [0.15, 0.2) is 25.3 Å². The molecule has 0 saturated carbocycles. The summed E-state index contributed by atoms with van der Waals surface area (Å²) >= 11 is 0. The van der Waals surface area contributed by atoms with Crippen LogP contribution in [0.1, 0.15) is 12.8 Å². The van der Waals surface area contributed by atoms with Gasteiger partial charge in [-0.1, -0.05) is 12.2 Å². The van der Waals surface area contributed by atoms with E-state index < -0.39 is 11.4 Å². The van der Waals surface area contributed by atoms with Crippen molar-refractivity contribution in [3.05, 3.63) is 25.3 Å². The second-order valence-corrected chi connectivity index (χ2v) is 3.76. The van der Waals surface area contributed by atoms with E-state index in [0.717, 1.165) is 0 Å². The molecule has 0 aliphatic carbocycles. The predicted octanol–water partition coefficient (Wildman–Crippen LogP) is 1.39. The van der Waals surface area contributed by atoms with Crippen molar-refractivity contribution < 1.29 is 14.3 Å². The van der Waals surface area contributed by atoms with Gasteiger partial charge >= 0.3 is 5.97 Å². The van der Waals surface area contributed by atoms with E-state index in [9.17, 15) is 9.59 Å². The minimum atomic E-state index is -1.22. The SMILES string of the molecule is C=CCC(CC=C)(C(=O)OC)C(=O)N(C)C. The molecule has 16 heavy (non-hydrogen) atoms. The molecule has 0 saturated heterocycles. The fourth-order valence-electron chi connectivity index (χ4n) is 1.63. The van der Waals surface area contributed by atoms with Crippen molar-refractivity contribution in [1.29, 1.82) is 0 Å². The zero-order valence-electron chi connectivity index (χ0n) is 10.2. The number of rotatable bonds is 6. The Labute approximate surface area is 96.6 Å². The normalized spacial score (nSPS) is 10.4. The largest absolute Gasteiger partial charge is 0.468 e. The molecule has 1 amide bonds. The van der Waals surface area contributed by atoms with Crippen molar-refractivity contribution in [2.45, 2.75) is 12.8 Å². The third kappa shape index (κ3) is 2.72. The summed E-state index contributed by atoms with van der Waals surface area (Å²) in [5.74, 6) is -0.842. The molecule has 0 bridgehead atoms. The molecule has 0 aromatic rings. The number of carbonyl (C=O) groups excluding carboxylic acids is 2. The second-order valence-electron chi connectivity index (χ2n) is 3.76. The van der Waals surface area contributed by atoms with Gasteiger partial charge in [0.2, 0.25) is 5.91 Å². The molecule has 0 aromatic heterocycles. The zero-order chi connectivity index (χ0) is 12.8. The van der Waals surface area contributed by atoms with Gasteiger partial charge in [-0.25, -0.2) is 0 Å². The van der Waals surface area contributed by atoms with Crippen molar-refractivity contribution in [3.63, 3.8) is 0 Å². The summed E-state index contributed by atoms with van der Waals surface area (Å²) in [5.41, 5.74) is -1.22. The average molecular weight is 225 g/mol. The number of hydrogen-bond acceptors (Lipinski definition) is 3. The molecule has 0 aliphatic heterocycles. The van der Waals surface area contributed by atoms with Gasteiger partial charge in [-0.3, -0.25) is 9.59 Å². The highest BCUT2D eigenvalue weighted by molar-refractivity contribution is 6.02. The van der Waals surface area contributed by atoms with Gasteiger partial charge in [0.05, 0.1) is 7.11 Å². The Balaban J connectivity index is 5.39. The summed E-state index contributed by atoms with van der Waals surface area (Å²) in [6, 6.07) is 0. The molecular formula is C12H19NO3. The molecule has 0 fully saturated rings. The van der Waals surface area contributed by atoms with Gasteiger partial charge in [-0.2, -0.15) is 0 Å². The van der Waals surface area contributed by atoms with Crippen LogP contribution in [0, 0.1) is 5.41 Å². The van der Waals surface area contributed by atoms with E-state index in [1.807, 2.05) is 0 Å². The highest BCUT2D eigenvalue weighted by Gasteiger charge is 2.45. The Morgan fingerprint density at radius 1 is 1.25 bits per heavy atom. The van der Waals surface area contributed by atoms with Crippen molar-refractivity contribution in [3.8, 4) is 0 Å². The lowest BCUT2D eigenvalue weighted by atomic mass is 9.79. The van der Waals surface area contributed by atoms with E-state index in [1.54, 1.807) is 26.2 Å². The lowest BCUT2D eigenvalue weighted by Crippen LogP contribution is -2.46. The van der Waals surface area contributed by atoms with Crippen molar-refractivity contribution >= 4 is 11.9 Å². The molecule has 0 rings (SSSR count). The summed E-state index contributed by atoms with van der Waals surface area (Å²) < 4.78 is 4.71. The number of allylic oxidation sites excluding steroid dienone is 2. The topological polar surface area (TPSA) is 46.6 Å². The summed E-state index contributed by atoms with van der Waals surface area (Å²) in [7, 11) is 4.48. The monoisotopic (exact) mass is 225 g/mol. The van der Waals surface area contributed by atoms with Gasteiger partial charge in [-0.05, 0) is 12.8 Å². The van der Waals surface area contributed by atoms with E-state index in [-0.39, 0.29) is 18.7 Å². The second kappa shape index (κ2) is 6.10. The van der Waals surface area contributed by atoms with Gasteiger partial charge in [0.1, 0.15) is 0 Å². The summed E-state index contributed by atoms with van der Waals surface area (Å²) in [5, 5.41) is 0. The summed E-state index contributed by atoms with van der Waals surface area (Å²) in [4.78, 5) is 25.2. The van der Waals surface area contributed by atoms with Gasteiger partial charge < -0.3 is 9.64 Å². The molecule has 0 atom stereocenters. The molecule has 4 nitrogen and oxygen atoms in total. The Hall–Kier alpha value is -1.58. The minimum absolute atomic E-state index is 0.239. The molecule has 0 spiro atoms. The number of ether oxygens (including phenoxy) is 1. The number of esters is 1. The first kappa shape index (κ1) is 14.4. The standard InChI is InChI=1S/C12H19NO3/c1-6-8-12(9-7-2,11(15)16-5)10(14)13(3)4/h6-7H,1-2,8-9H2,3-5H3. The van der Waals surface area contributed by atoms with Crippen LogP contribution in [0.2, 0.25) is 0 Å². The van der Waals surface area contributed by atoms with Crippen LogP contribution < -0.4 is 0 Å². The molecular weight excluding hydrogens is 206 g/mol. The van der Waals surface area contributed by atoms with E-state index in [2.05, 4.69) is 13.2 Å². The molecule has 0 aromatic carbocycles. The molecule has 0 unspecified atom stereocenters. The van der Waals surface area contributed by atoms with Crippen molar-refractivity contribution in [2.24, 2.45) is 5.41 Å². The van der Waals surface area contributed by atoms with Gasteiger partial charge in [0.15, 0.2) is 5.41 Å². The van der Waals surface area contributed by atoms with Crippen molar-refractivity contribution in [1.82, 2.24) is 4.90 Å². The van der Waals surface area contributed by atoms with E-state index in [4.69, 9.17) is 4.74 Å². The van der Waals surface area contributed by atoms with Crippen molar-refractivity contribution in [2.75, 3.05) is 21.2 Å². The van der Waals surface area contributed by atoms with Gasteiger partial charge in [-0.15, -0.1) is 13.2 Å². The highest BCUT2D eigenvalue weighted by Crippen LogP contribution is 2.31. The first-order chi connectivity index (χ1) is 7.46. The highest BCUT2D eigenvalue weighted by atomic mass is 16.5. The van der Waals surface area contributed by atoms with Crippen LogP contribution in [-0.2, 0) is 14.3 Å². The number of carbonyl (C=O) groups is 2. The molecule has 0 N–H and O–H groups in total. The van der Waals surface area contributed by atoms with Crippen LogP contribution >= 0.6 is 0 Å². The Morgan fingerprint density at radius 2 is 1.69 bits per heavy atom. The number of hydrogen-bond donors (Lipinski definition) is 0. The Morgan fingerprint density at radius 3 is 1.94 bits per heavy atom. The fourth-order valence-corrected chi connectivity index (χ4v) is 1.63. The predicted molar refractivity (Wildman–Crippen MR) is 62.8 cm³/mol. The first-order valence-corrected chi connectivity index (χ1v) is 4.98. The van der Waals surface area contributed by atoms with Crippen LogP contribution in [0.5, 0.6) is 0 Å². The van der Waals surface area contributed by atoms with E-state index in [1.165, 1.54) is 12.0 Å². The van der Waals surface area contributed by atoms with Crippen LogP contribution in [0.4, 0.5) is 0 Å². The van der Waals surface area contributed by atoms with E-state index >= 15 is 0 Å². The minimum Gasteiger partial charge on any atom is -0.468 e. The van der Waals surface area contributed by atoms with Gasteiger partial charge in [0.25, 0.3) is 0 Å². The first-order valence-electron chi connectivity index (χ1n) is 4.98. The molecule has 0 aliphatic rings. The summed E-state index contributed by atoms with van der Waals surface area (Å²) in [6.07, 6.45) is 3.56. The third-order valence-electron chi connectivity index (χ3n) is 2.38. The number of methoxy groups -OCH3 is 1. The molecule has 0 radical (unpaired) electrons. The molecule has 4 heteroatoms. The molecule has 90 valence electrons. The summed E-state index contributed by atoms with van der Waals surface area (Å²) in [6.45, 7) is 7.15. The Bertz CT molecular complexity index is 285. The maximum absolute atomic E-state index is 12.1. The lowest BCUT2D eigenvalue weighted by Gasteiger charge is -2.30. The maximum Gasteiger partial charge on any atom is 0.322 e. The molecule has 0 heterocycles. The van der Waals surface area contributed by atoms with Crippen LogP contribution in [0.25, 0.3) is 0 Å². The fraction of sp³-hybridized carbons (Fsp3) is 0.500. The van der Waals surface area contributed by atoms with Gasteiger partial charge in [0, 0.05) is 14.1 Å². The number of amides is 1. The quantitative estimate of drug-likeness (QED) is 0.390. The smallest absolute Gasteiger partial charge is 0.322 e. The maximum atomic E-state index is 12.1. The number of nitrogens with zero attached hydrogens (tertiary/aromatic N) is 1. The zero-order valence-corrected chi connectivity index (χ0v) is 10.2. The third-order valence-corrected chi connectivity index (χ3v) is 2.38. The van der Waals surface area contributed by atoms with Crippen LogP contribution in [0.3, 0.4) is 0 Å². The Kier molecular flexibility index (Phi) is 5.50.